The Morgan fingerprint density at radius 1 is 1.09 bits per heavy atom. The fourth-order valence-electron chi connectivity index (χ4n) is 2.25. The Kier molecular flexibility index (Phi) is 5.53. The van der Waals surface area contributed by atoms with Crippen LogP contribution in [0.5, 0.6) is 0 Å². The van der Waals surface area contributed by atoms with Gasteiger partial charge in [0.15, 0.2) is 0 Å². The predicted octanol–water partition coefficient (Wildman–Crippen LogP) is 4.31. The van der Waals surface area contributed by atoms with E-state index in [4.69, 9.17) is 0 Å². The van der Waals surface area contributed by atoms with Crippen molar-refractivity contribution >= 4 is 11.7 Å². The molecular formula is C18H21FN2O. The van der Waals surface area contributed by atoms with Crippen molar-refractivity contribution in [2.45, 2.75) is 26.2 Å². The van der Waals surface area contributed by atoms with E-state index >= 15 is 0 Å². The molecule has 2 amide bonds. The number of carbonyl (C=O) groups is 1. The van der Waals surface area contributed by atoms with Crippen LogP contribution in [0, 0.1) is 5.82 Å². The third-order valence-electron chi connectivity index (χ3n) is 3.44. The summed E-state index contributed by atoms with van der Waals surface area (Å²) in [6.45, 7) is 4.68. The average molecular weight is 300 g/mol. The van der Waals surface area contributed by atoms with Crippen LogP contribution in [0.15, 0.2) is 48.5 Å². The van der Waals surface area contributed by atoms with Crippen LogP contribution in [0.2, 0.25) is 0 Å². The van der Waals surface area contributed by atoms with Crippen molar-refractivity contribution in [2.24, 2.45) is 0 Å². The van der Waals surface area contributed by atoms with E-state index in [2.05, 4.69) is 24.5 Å². The Labute approximate surface area is 130 Å². The highest BCUT2D eigenvalue weighted by Crippen LogP contribution is 2.23. The molecule has 0 aromatic heterocycles. The van der Waals surface area contributed by atoms with Gasteiger partial charge < -0.3 is 10.6 Å². The predicted molar refractivity (Wildman–Crippen MR) is 87.7 cm³/mol. The third kappa shape index (κ3) is 4.58. The lowest BCUT2D eigenvalue weighted by Crippen LogP contribution is -2.30. The number of urea groups is 1. The van der Waals surface area contributed by atoms with Gasteiger partial charge >= 0.3 is 6.03 Å². The van der Waals surface area contributed by atoms with Gasteiger partial charge in [-0.3, -0.25) is 0 Å². The number of anilines is 1. The van der Waals surface area contributed by atoms with Gasteiger partial charge in [-0.1, -0.05) is 44.2 Å². The minimum Gasteiger partial charge on any atom is -0.338 e. The standard InChI is InChI=1S/C18H21FN2O/c1-13(2)16-5-3-4-6-17(16)21-18(22)20-12-11-14-7-9-15(19)10-8-14/h3-10,13H,11-12H2,1-2H3,(H2,20,21,22). The van der Waals surface area contributed by atoms with E-state index in [1.807, 2.05) is 24.3 Å². The summed E-state index contributed by atoms with van der Waals surface area (Å²) >= 11 is 0. The summed E-state index contributed by atoms with van der Waals surface area (Å²) in [7, 11) is 0. The summed E-state index contributed by atoms with van der Waals surface area (Å²) in [6.07, 6.45) is 0.666. The first-order chi connectivity index (χ1) is 10.6. The number of amides is 2. The van der Waals surface area contributed by atoms with Crippen LogP contribution in [-0.2, 0) is 6.42 Å². The zero-order valence-corrected chi connectivity index (χ0v) is 12.9. The maximum atomic E-state index is 12.8. The molecular weight excluding hydrogens is 279 g/mol. The number of para-hydroxylation sites is 1. The Morgan fingerprint density at radius 3 is 2.45 bits per heavy atom. The minimum absolute atomic E-state index is 0.227. The first kappa shape index (κ1) is 16.0. The van der Waals surface area contributed by atoms with Gasteiger partial charge in [0.25, 0.3) is 0 Å². The van der Waals surface area contributed by atoms with Gasteiger partial charge in [0.2, 0.25) is 0 Å². The van der Waals surface area contributed by atoms with E-state index in [1.165, 1.54) is 12.1 Å². The molecule has 0 radical (unpaired) electrons. The summed E-state index contributed by atoms with van der Waals surface area (Å²) in [6, 6.07) is 13.9. The molecule has 2 N–H and O–H groups in total. The van der Waals surface area contributed by atoms with Crippen LogP contribution in [0.1, 0.15) is 30.9 Å². The SMILES string of the molecule is CC(C)c1ccccc1NC(=O)NCCc1ccc(F)cc1. The molecule has 0 unspecified atom stereocenters. The number of halogens is 1. The first-order valence-electron chi connectivity index (χ1n) is 7.44. The molecule has 0 fully saturated rings. The molecule has 0 saturated carbocycles. The van der Waals surface area contributed by atoms with E-state index in [1.54, 1.807) is 12.1 Å². The van der Waals surface area contributed by atoms with E-state index in [9.17, 15) is 9.18 Å². The second kappa shape index (κ2) is 7.59. The van der Waals surface area contributed by atoms with E-state index < -0.39 is 0 Å². The molecule has 2 rings (SSSR count). The number of rotatable bonds is 5. The summed E-state index contributed by atoms with van der Waals surface area (Å²) in [5, 5.41) is 5.69. The fraction of sp³-hybridized carbons (Fsp3) is 0.278. The van der Waals surface area contributed by atoms with Crippen molar-refractivity contribution in [3.8, 4) is 0 Å². The molecule has 0 aliphatic rings. The van der Waals surface area contributed by atoms with Crippen LogP contribution in [0.4, 0.5) is 14.9 Å². The lowest BCUT2D eigenvalue weighted by Gasteiger charge is -2.14. The molecule has 2 aromatic carbocycles. The van der Waals surface area contributed by atoms with Gasteiger partial charge in [-0.05, 0) is 41.7 Å². The van der Waals surface area contributed by atoms with Crippen molar-refractivity contribution < 1.29 is 9.18 Å². The molecule has 0 atom stereocenters. The summed E-state index contributed by atoms with van der Waals surface area (Å²) in [5.74, 6) is 0.0930. The zero-order valence-electron chi connectivity index (χ0n) is 12.9. The molecule has 116 valence electrons. The van der Waals surface area contributed by atoms with E-state index in [0.717, 1.165) is 16.8 Å². The van der Waals surface area contributed by atoms with Gasteiger partial charge in [0.1, 0.15) is 5.82 Å². The summed E-state index contributed by atoms with van der Waals surface area (Å²) < 4.78 is 12.8. The molecule has 0 spiro atoms. The molecule has 0 heterocycles. The van der Waals surface area contributed by atoms with Gasteiger partial charge in [-0.25, -0.2) is 9.18 Å². The van der Waals surface area contributed by atoms with E-state index in [0.29, 0.717) is 18.9 Å². The lowest BCUT2D eigenvalue weighted by molar-refractivity contribution is 0.252. The quantitative estimate of drug-likeness (QED) is 0.848. The number of benzene rings is 2. The highest BCUT2D eigenvalue weighted by Gasteiger charge is 2.08. The van der Waals surface area contributed by atoms with Crippen LogP contribution in [0.3, 0.4) is 0 Å². The molecule has 3 nitrogen and oxygen atoms in total. The average Bonchev–Trinajstić information content (AvgIpc) is 2.49. The number of nitrogens with one attached hydrogen (secondary N) is 2. The second-order valence-corrected chi connectivity index (χ2v) is 5.50. The number of hydrogen-bond donors (Lipinski definition) is 2. The minimum atomic E-state index is -0.250. The van der Waals surface area contributed by atoms with Gasteiger partial charge in [-0.15, -0.1) is 0 Å². The van der Waals surface area contributed by atoms with Crippen molar-refractivity contribution in [2.75, 3.05) is 11.9 Å². The molecule has 2 aromatic rings. The Morgan fingerprint density at radius 2 is 1.77 bits per heavy atom. The maximum absolute atomic E-state index is 12.8. The normalized spacial score (nSPS) is 10.5. The molecule has 4 heteroatoms. The monoisotopic (exact) mass is 300 g/mol. The van der Waals surface area contributed by atoms with Gasteiger partial charge in [-0.2, -0.15) is 0 Å². The van der Waals surface area contributed by atoms with Crippen molar-refractivity contribution in [1.82, 2.24) is 5.32 Å². The topological polar surface area (TPSA) is 41.1 Å². The summed E-state index contributed by atoms with van der Waals surface area (Å²) in [5.41, 5.74) is 2.93. The Bertz CT molecular complexity index is 623. The Hall–Kier alpha value is -2.36. The largest absolute Gasteiger partial charge is 0.338 e. The van der Waals surface area contributed by atoms with Crippen LogP contribution in [0.25, 0.3) is 0 Å². The third-order valence-corrected chi connectivity index (χ3v) is 3.44. The molecule has 0 aliphatic carbocycles. The van der Waals surface area contributed by atoms with Crippen molar-refractivity contribution in [1.29, 1.82) is 0 Å². The Balaban J connectivity index is 1.84. The smallest absolute Gasteiger partial charge is 0.319 e. The van der Waals surface area contributed by atoms with Crippen molar-refractivity contribution in [3.63, 3.8) is 0 Å². The second-order valence-electron chi connectivity index (χ2n) is 5.50. The summed E-state index contributed by atoms with van der Waals surface area (Å²) in [4.78, 5) is 11.9. The van der Waals surface area contributed by atoms with Gasteiger partial charge in [0, 0.05) is 12.2 Å². The molecule has 0 bridgehead atoms. The van der Waals surface area contributed by atoms with Gasteiger partial charge in [0.05, 0.1) is 0 Å². The highest BCUT2D eigenvalue weighted by atomic mass is 19.1. The maximum Gasteiger partial charge on any atom is 0.319 e. The lowest BCUT2D eigenvalue weighted by atomic mass is 10.0. The number of carbonyl (C=O) groups excluding carboxylic acids is 1. The van der Waals surface area contributed by atoms with E-state index in [-0.39, 0.29) is 11.8 Å². The molecule has 0 aliphatic heterocycles. The van der Waals surface area contributed by atoms with Crippen LogP contribution >= 0.6 is 0 Å². The molecule has 22 heavy (non-hydrogen) atoms. The first-order valence-corrected chi connectivity index (χ1v) is 7.44. The fourth-order valence-corrected chi connectivity index (χ4v) is 2.25. The molecule has 0 saturated heterocycles. The highest BCUT2D eigenvalue weighted by molar-refractivity contribution is 5.90. The van der Waals surface area contributed by atoms with Crippen LogP contribution < -0.4 is 10.6 Å². The number of hydrogen-bond acceptors (Lipinski definition) is 1. The van der Waals surface area contributed by atoms with Crippen molar-refractivity contribution in [3.05, 3.63) is 65.5 Å². The van der Waals surface area contributed by atoms with Crippen LogP contribution in [-0.4, -0.2) is 12.6 Å². The zero-order chi connectivity index (χ0) is 15.9.